The fourth-order valence-corrected chi connectivity index (χ4v) is 4.77. The van der Waals surface area contributed by atoms with Gasteiger partial charge in [-0.15, -0.1) is 0 Å². The van der Waals surface area contributed by atoms with Gasteiger partial charge in [-0.3, -0.25) is 4.79 Å². The molecule has 2 heterocycles. The van der Waals surface area contributed by atoms with Crippen molar-refractivity contribution < 1.29 is 17.9 Å². The molecular formula is C20H27N5O4S. The largest absolute Gasteiger partial charge is 0.496 e. The molecule has 0 saturated carbocycles. The molecule has 1 aromatic carbocycles. The number of benzene rings is 1. The number of carbonyl (C=O) groups is 1. The Morgan fingerprint density at radius 3 is 2.73 bits per heavy atom. The number of carbonyl (C=O) groups excluding carboxylic acids is 1. The lowest BCUT2D eigenvalue weighted by Crippen LogP contribution is -2.40. The second kappa shape index (κ2) is 9.07. The molecule has 10 heteroatoms. The Labute approximate surface area is 177 Å². The minimum absolute atomic E-state index is 0.297. The molecule has 1 atom stereocenters. The molecule has 30 heavy (non-hydrogen) atoms. The van der Waals surface area contributed by atoms with Crippen molar-refractivity contribution in [2.45, 2.75) is 32.4 Å². The van der Waals surface area contributed by atoms with Crippen molar-refractivity contribution in [1.29, 1.82) is 0 Å². The third-order valence-electron chi connectivity index (χ3n) is 5.13. The maximum Gasteiger partial charge on any atom is 0.282 e. The van der Waals surface area contributed by atoms with E-state index in [1.54, 1.807) is 14.0 Å². The zero-order valence-electron chi connectivity index (χ0n) is 17.6. The molecule has 1 fully saturated rings. The number of para-hydroxylation sites is 1. The number of hydrogen-bond donors (Lipinski definition) is 1. The van der Waals surface area contributed by atoms with Gasteiger partial charge in [-0.25, -0.2) is 9.97 Å². The molecule has 1 aliphatic heterocycles. The number of amides is 1. The SMILES string of the molecule is COc1ccccc1CNC(=O)c1cnc(C2CCCN2S(=O)(=O)N(C)C)nc1C. The average Bonchev–Trinajstić information content (AvgIpc) is 3.22. The van der Waals surface area contributed by atoms with Crippen molar-refractivity contribution >= 4 is 16.1 Å². The molecule has 1 N–H and O–H groups in total. The molecule has 1 aliphatic rings. The summed E-state index contributed by atoms with van der Waals surface area (Å²) in [6.45, 7) is 2.46. The van der Waals surface area contributed by atoms with Gasteiger partial charge in [0, 0.05) is 38.9 Å². The van der Waals surface area contributed by atoms with E-state index >= 15 is 0 Å². The maximum atomic E-state index is 12.6. The van der Waals surface area contributed by atoms with E-state index in [9.17, 15) is 13.2 Å². The Morgan fingerprint density at radius 2 is 2.07 bits per heavy atom. The van der Waals surface area contributed by atoms with Crippen LogP contribution in [0.3, 0.4) is 0 Å². The molecule has 0 radical (unpaired) electrons. The van der Waals surface area contributed by atoms with Gasteiger partial charge in [0.15, 0.2) is 0 Å². The second-order valence-electron chi connectivity index (χ2n) is 7.28. The van der Waals surface area contributed by atoms with Crippen molar-refractivity contribution in [3.05, 3.63) is 53.1 Å². The molecule has 0 aliphatic carbocycles. The normalized spacial score (nSPS) is 17.3. The molecule has 162 valence electrons. The topological polar surface area (TPSA) is 105 Å². The molecule has 1 amide bonds. The van der Waals surface area contributed by atoms with Crippen molar-refractivity contribution in [2.24, 2.45) is 0 Å². The molecule has 1 unspecified atom stereocenters. The lowest BCUT2D eigenvalue weighted by atomic mass is 10.1. The predicted octanol–water partition coefficient (Wildman–Crippen LogP) is 1.67. The summed E-state index contributed by atoms with van der Waals surface area (Å²) in [5, 5.41) is 2.86. The Balaban J connectivity index is 1.76. The van der Waals surface area contributed by atoms with Crippen LogP contribution in [-0.2, 0) is 16.8 Å². The van der Waals surface area contributed by atoms with Crippen LogP contribution in [-0.4, -0.2) is 60.7 Å². The number of nitrogens with zero attached hydrogens (tertiary/aromatic N) is 4. The number of aromatic nitrogens is 2. The van der Waals surface area contributed by atoms with Crippen LogP contribution in [0.25, 0.3) is 0 Å². The fraction of sp³-hybridized carbons (Fsp3) is 0.450. The Bertz CT molecular complexity index is 1030. The Hall–Kier alpha value is -2.56. The van der Waals surface area contributed by atoms with Gasteiger partial charge in [0.2, 0.25) is 0 Å². The van der Waals surface area contributed by atoms with E-state index in [-0.39, 0.29) is 5.91 Å². The van der Waals surface area contributed by atoms with Crippen LogP contribution in [0.4, 0.5) is 0 Å². The highest BCUT2D eigenvalue weighted by molar-refractivity contribution is 7.86. The number of methoxy groups -OCH3 is 1. The average molecular weight is 434 g/mol. The van der Waals surface area contributed by atoms with E-state index in [1.165, 1.54) is 28.9 Å². The van der Waals surface area contributed by atoms with Crippen molar-refractivity contribution in [2.75, 3.05) is 27.7 Å². The Kier molecular flexibility index (Phi) is 6.69. The zero-order valence-corrected chi connectivity index (χ0v) is 18.4. The van der Waals surface area contributed by atoms with Crippen molar-refractivity contribution in [1.82, 2.24) is 23.9 Å². The first-order valence-corrected chi connectivity index (χ1v) is 11.1. The van der Waals surface area contributed by atoms with Crippen LogP contribution in [0.5, 0.6) is 5.75 Å². The van der Waals surface area contributed by atoms with E-state index < -0.39 is 16.3 Å². The first kappa shape index (κ1) is 22.1. The van der Waals surface area contributed by atoms with Crippen LogP contribution in [0.2, 0.25) is 0 Å². The van der Waals surface area contributed by atoms with Crippen LogP contribution in [0, 0.1) is 6.92 Å². The summed E-state index contributed by atoms with van der Waals surface area (Å²) in [6, 6.07) is 7.03. The molecule has 2 aromatic rings. The fourth-order valence-electron chi connectivity index (χ4n) is 3.47. The monoisotopic (exact) mass is 433 g/mol. The third-order valence-corrected chi connectivity index (χ3v) is 7.09. The highest BCUT2D eigenvalue weighted by atomic mass is 32.2. The van der Waals surface area contributed by atoms with E-state index in [1.807, 2.05) is 24.3 Å². The highest BCUT2D eigenvalue weighted by Crippen LogP contribution is 2.33. The summed E-state index contributed by atoms with van der Waals surface area (Å²) < 4.78 is 33.1. The lowest BCUT2D eigenvalue weighted by Gasteiger charge is -2.26. The van der Waals surface area contributed by atoms with Gasteiger partial charge in [0.05, 0.1) is 24.4 Å². The summed E-state index contributed by atoms with van der Waals surface area (Å²) >= 11 is 0. The molecular weight excluding hydrogens is 406 g/mol. The van der Waals surface area contributed by atoms with Gasteiger partial charge in [-0.1, -0.05) is 18.2 Å². The first-order chi connectivity index (χ1) is 14.3. The number of hydrogen-bond acceptors (Lipinski definition) is 6. The lowest BCUT2D eigenvalue weighted by molar-refractivity contribution is 0.0949. The van der Waals surface area contributed by atoms with Gasteiger partial charge in [0.1, 0.15) is 11.6 Å². The zero-order chi connectivity index (χ0) is 21.9. The minimum atomic E-state index is -3.56. The predicted molar refractivity (Wildman–Crippen MR) is 112 cm³/mol. The van der Waals surface area contributed by atoms with Crippen LogP contribution in [0.15, 0.2) is 30.5 Å². The van der Waals surface area contributed by atoms with Gasteiger partial charge in [-0.05, 0) is 25.8 Å². The first-order valence-electron chi connectivity index (χ1n) is 9.68. The number of aryl methyl sites for hydroxylation is 1. The van der Waals surface area contributed by atoms with Gasteiger partial charge < -0.3 is 10.1 Å². The highest BCUT2D eigenvalue weighted by Gasteiger charge is 2.38. The van der Waals surface area contributed by atoms with E-state index in [4.69, 9.17) is 4.74 Å². The van der Waals surface area contributed by atoms with Crippen LogP contribution >= 0.6 is 0 Å². The van der Waals surface area contributed by atoms with Gasteiger partial charge in [0.25, 0.3) is 16.1 Å². The molecule has 1 aromatic heterocycles. The van der Waals surface area contributed by atoms with Crippen LogP contribution in [0.1, 0.15) is 46.3 Å². The van der Waals surface area contributed by atoms with Crippen molar-refractivity contribution in [3.63, 3.8) is 0 Å². The van der Waals surface area contributed by atoms with Gasteiger partial charge in [-0.2, -0.15) is 17.0 Å². The van der Waals surface area contributed by atoms with Crippen LogP contribution < -0.4 is 10.1 Å². The molecule has 0 bridgehead atoms. The summed E-state index contributed by atoms with van der Waals surface area (Å²) in [7, 11) is 1.03. The second-order valence-corrected chi connectivity index (χ2v) is 9.38. The summed E-state index contributed by atoms with van der Waals surface area (Å²) in [5.41, 5.74) is 1.72. The minimum Gasteiger partial charge on any atom is -0.496 e. The van der Waals surface area contributed by atoms with E-state index in [0.717, 1.165) is 12.0 Å². The molecule has 1 saturated heterocycles. The summed E-state index contributed by atoms with van der Waals surface area (Å²) in [6.07, 6.45) is 2.85. The quantitative estimate of drug-likeness (QED) is 0.712. The number of ether oxygens (including phenoxy) is 1. The number of rotatable bonds is 7. The summed E-state index contributed by atoms with van der Waals surface area (Å²) in [5.74, 6) is 0.815. The smallest absolute Gasteiger partial charge is 0.282 e. The summed E-state index contributed by atoms with van der Waals surface area (Å²) in [4.78, 5) is 21.4. The standard InChI is InChI=1S/C20H27N5O4S/c1-14-16(20(26)22-12-15-8-5-6-10-18(15)29-4)13-21-19(23-14)17-9-7-11-25(17)30(27,28)24(2)3/h5-6,8,10,13,17H,7,9,11-12H2,1-4H3,(H,22,26). The Morgan fingerprint density at radius 1 is 1.33 bits per heavy atom. The molecule has 9 nitrogen and oxygen atoms in total. The number of nitrogens with one attached hydrogen (secondary N) is 1. The van der Waals surface area contributed by atoms with Gasteiger partial charge >= 0.3 is 0 Å². The third kappa shape index (κ3) is 4.45. The maximum absolute atomic E-state index is 12.6. The van der Waals surface area contributed by atoms with E-state index in [0.29, 0.717) is 42.3 Å². The van der Waals surface area contributed by atoms with E-state index in [2.05, 4.69) is 15.3 Å². The van der Waals surface area contributed by atoms with Crippen molar-refractivity contribution in [3.8, 4) is 5.75 Å². The molecule has 3 rings (SSSR count). The molecule has 0 spiro atoms.